The van der Waals surface area contributed by atoms with Crippen LogP contribution >= 0.6 is 15.9 Å². The number of pyridine rings is 1. The van der Waals surface area contributed by atoms with Crippen molar-refractivity contribution in [1.29, 1.82) is 0 Å². The highest BCUT2D eigenvalue weighted by Crippen LogP contribution is 2.16. The number of rotatable bonds is 2. The zero-order chi connectivity index (χ0) is 13.3. The van der Waals surface area contributed by atoms with Crippen LogP contribution in [0.2, 0.25) is 0 Å². The molecule has 0 aliphatic heterocycles. The molecule has 0 fully saturated rings. The van der Waals surface area contributed by atoms with E-state index in [-0.39, 0.29) is 11.5 Å². The summed E-state index contributed by atoms with van der Waals surface area (Å²) in [5.41, 5.74) is 8.35. The number of aromatic nitrogens is 1. The van der Waals surface area contributed by atoms with Gasteiger partial charge in [0.25, 0.3) is 0 Å². The molecule has 1 aromatic heterocycles. The van der Waals surface area contributed by atoms with Crippen molar-refractivity contribution in [3.8, 4) is 5.69 Å². The molecule has 0 spiro atoms. The average Bonchev–Trinajstić information content (AvgIpc) is 2.30. The minimum absolute atomic E-state index is 0.00383. The van der Waals surface area contributed by atoms with Gasteiger partial charge in [0.1, 0.15) is 0 Å². The summed E-state index contributed by atoms with van der Waals surface area (Å²) < 4.78 is 3.00. The molecular weight excluding hydrogens is 292 g/mol. The Morgan fingerprint density at radius 1 is 1.28 bits per heavy atom. The standard InChI is InChI=1S/C14H15BrN2O/c1-9-7-14(18)13(10(2)16)8-17(9)12-5-3-11(15)4-6-12/h3-8,10H,16H2,1-2H3. The number of nitrogens with two attached hydrogens (primary N) is 1. The Bertz CT molecular complexity index is 615. The minimum atomic E-state index is -0.264. The fraction of sp³-hybridized carbons (Fsp3) is 0.214. The van der Waals surface area contributed by atoms with Gasteiger partial charge in [-0.25, -0.2) is 0 Å². The van der Waals surface area contributed by atoms with E-state index < -0.39 is 0 Å². The quantitative estimate of drug-likeness (QED) is 0.927. The molecular formula is C14H15BrN2O. The fourth-order valence-electron chi connectivity index (χ4n) is 1.87. The lowest BCUT2D eigenvalue weighted by Crippen LogP contribution is -2.20. The molecule has 3 nitrogen and oxygen atoms in total. The van der Waals surface area contributed by atoms with Crippen LogP contribution in [0.25, 0.3) is 5.69 Å². The third-order valence-electron chi connectivity index (χ3n) is 2.87. The second-order valence-corrected chi connectivity index (χ2v) is 5.29. The SMILES string of the molecule is Cc1cc(=O)c(C(C)N)cn1-c1ccc(Br)cc1. The first-order valence-corrected chi connectivity index (χ1v) is 6.53. The average molecular weight is 307 g/mol. The lowest BCUT2D eigenvalue weighted by molar-refractivity contribution is 0.786. The van der Waals surface area contributed by atoms with Gasteiger partial charge < -0.3 is 10.3 Å². The van der Waals surface area contributed by atoms with E-state index in [0.717, 1.165) is 15.9 Å². The van der Waals surface area contributed by atoms with Crippen molar-refractivity contribution in [1.82, 2.24) is 4.57 Å². The Hall–Kier alpha value is -1.39. The number of hydrogen-bond donors (Lipinski definition) is 1. The summed E-state index contributed by atoms with van der Waals surface area (Å²) in [7, 11) is 0. The number of nitrogens with zero attached hydrogens (tertiary/aromatic N) is 1. The predicted octanol–water partition coefficient (Wildman–Crippen LogP) is 2.93. The molecule has 0 aliphatic rings. The lowest BCUT2D eigenvalue weighted by atomic mass is 10.1. The molecule has 0 amide bonds. The summed E-state index contributed by atoms with van der Waals surface area (Å²) in [4.78, 5) is 11.8. The van der Waals surface area contributed by atoms with Crippen molar-refractivity contribution in [2.45, 2.75) is 19.9 Å². The van der Waals surface area contributed by atoms with Crippen molar-refractivity contribution in [2.24, 2.45) is 5.73 Å². The molecule has 1 atom stereocenters. The van der Waals surface area contributed by atoms with E-state index in [0.29, 0.717) is 5.56 Å². The highest BCUT2D eigenvalue weighted by molar-refractivity contribution is 9.10. The topological polar surface area (TPSA) is 48.0 Å². The van der Waals surface area contributed by atoms with Crippen molar-refractivity contribution < 1.29 is 0 Å². The molecule has 18 heavy (non-hydrogen) atoms. The molecule has 0 radical (unpaired) electrons. The molecule has 0 saturated carbocycles. The van der Waals surface area contributed by atoms with Gasteiger partial charge >= 0.3 is 0 Å². The van der Waals surface area contributed by atoms with Crippen molar-refractivity contribution >= 4 is 15.9 Å². The zero-order valence-corrected chi connectivity index (χ0v) is 11.9. The molecule has 2 N–H and O–H groups in total. The van der Waals surface area contributed by atoms with Gasteiger partial charge in [0.2, 0.25) is 0 Å². The molecule has 1 heterocycles. The fourth-order valence-corrected chi connectivity index (χ4v) is 2.13. The second-order valence-electron chi connectivity index (χ2n) is 4.37. The molecule has 0 saturated heterocycles. The number of benzene rings is 1. The Morgan fingerprint density at radius 3 is 2.44 bits per heavy atom. The normalized spacial score (nSPS) is 12.4. The number of hydrogen-bond acceptors (Lipinski definition) is 2. The van der Waals surface area contributed by atoms with E-state index in [9.17, 15) is 4.79 Å². The van der Waals surface area contributed by atoms with E-state index in [1.807, 2.05) is 48.9 Å². The van der Waals surface area contributed by atoms with Gasteiger partial charge in [0, 0.05) is 39.7 Å². The van der Waals surface area contributed by atoms with Gasteiger partial charge in [-0.2, -0.15) is 0 Å². The Balaban J connectivity index is 2.60. The molecule has 0 aliphatic carbocycles. The maximum absolute atomic E-state index is 11.8. The first-order chi connectivity index (χ1) is 8.49. The summed E-state index contributed by atoms with van der Waals surface area (Å²) in [5.74, 6) is 0. The molecule has 1 unspecified atom stereocenters. The van der Waals surface area contributed by atoms with E-state index in [4.69, 9.17) is 5.73 Å². The molecule has 2 aromatic rings. The Kier molecular flexibility index (Phi) is 3.68. The van der Waals surface area contributed by atoms with Crippen molar-refractivity contribution in [3.05, 3.63) is 62.5 Å². The van der Waals surface area contributed by atoms with Gasteiger partial charge in [-0.05, 0) is 38.1 Å². The van der Waals surface area contributed by atoms with Crippen LogP contribution in [0.5, 0.6) is 0 Å². The van der Waals surface area contributed by atoms with E-state index in [1.54, 1.807) is 6.07 Å². The summed E-state index contributed by atoms with van der Waals surface area (Å²) >= 11 is 3.41. The monoisotopic (exact) mass is 306 g/mol. The van der Waals surface area contributed by atoms with E-state index in [1.165, 1.54) is 0 Å². The number of halogens is 1. The largest absolute Gasteiger partial charge is 0.324 e. The summed E-state index contributed by atoms with van der Waals surface area (Å²) in [6.45, 7) is 3.73. The Labute approximate surface area is 114 Å². The third-order valence-corrected chi connectivity index (χ3v) is 3.40. The number of aryl methyl sites for hydroxylation is 1. The summed E-state index contributed by atoms with van der Waals surface area (Å²) in [5, 5.41) is 0. The maximum atomic E-state index is 11.8. The highest BCUT2D eigenvalue weighted by Gasteiger charge is 2.08. The van der Waals surface area contributed by atoms with Crippen LogP contribution in [0.1, 0.15) is 24.2 Å². The van der Waals surface area contributed by atoms with Crippen molar-refractivity contribution in [3.63, 3.8) is 0 Å². The van der Waals surface area contributed by atoms with Crippen LogP contribution in [-0.4, -0.2) is 4.57 Å². The van der Waals surface area contributed by atoms with Crippen LogP contribution < -0.4 is 11.2 Å². The predicted molar refractivity (Wildman–Crippen MR) is 77.1 cm³/mol. The molecule has 0 bridgehead atoms. The summed E-state index contributed by atoms with van der Waals surface area (Å²) in [6, 6.07) is 9.29. The minimum Gasteiger partial charge on any atom is -0.324 e. The van der Waals surface area contributed by atoms with Crippen molar-refractivity contribution in [2.75, 3.05) is 0 Å². The highest BCUT2D eigenvalue weighted by atomic mass is 79.9. The molecule has 2 rings (SSSR count). The van der Waals surface area contributed by atoms with Crippen LogP contribution in [0.4, 0.5) is 0 Å². The molecule has 94 valence electrons. The lowest BCUT2D eigenvalue weighted by Gasteiger charge is -2.14. The maximum Gasteiger partial charge on any atom is 0.186 e. The molecule has 1 aromatic carbocycles. The van der Waals surface area contributed by atoms with E-state index >= 15 is 0 Å². The molecule has 4 heteroatoms. The first kappa shape index (κ1) is 13.1. The first-order valence-electron chi connectivity index (χ1n) is 5.74. The van der Waals surface area contributed by atoms with Crippen LogP contribution in [0.15, 0.2) is 45.8 Å². The zero-order valence-electron chi connectivity index (χ0n) is 10.4. The van der Waals surface area contributed by atoms with Gasteiger partial charge in [-0.3, -0.25) is 4.79 Å². The van der Waals surface area contributed by atoms with E-state index in [2.05, 4.69) is 15.9 Å². The smallest absolute Gasteiger partial charge is 0.186 e. The Morgan fingerprint density at radius 2 is 1.89 bits per heavy atom. The van der Waals surface area contributed by atoms with Gasteiger partial charge in [0.15, 0.2) is 5.43 Å². The van der Waals surface area contributed by atoms with Crippen LogP contribution in [0.3, 0.4) is 0 Å². The van der Waals surface area contributed by atoms with Gasteiger partial charge in [-0.1, -0.05) is 15.9 Å². The van der Waals surface area contributed by atoms with Crippen LogP contribution in [-0.2, 0) is 0 Å². The van der Waals surface area contributed by atoms with Gasteiger partial charge in [0.05, 0.1) is 0 Å². The van der Waals surface area contributed by atoms with Crippen LogP contribution in [0, 0.1) is 6.92 Å². The summed E-state index contributed by atoms with van der Waals surface area (Å²) in [6.07, 6.45) is 1.82. The van der Waals surface area contributed by atoms with Gasteiger partial charge in [-0.15, -0.1) is 0 Å². The second kappa shape index (κ2) is 5.08. The third kappa shape index (κ3) is 2.54.